The van der Waals surface area contributed by atoms with E-state index < -0.39 is 23.4 Å². The summed E-state index contributed by atoms with van der Waals surface area (Å²) in [5.41, 5.74) is 4.13. The van der Waals surface area contributed by atoms with Crippen molar-refractivity contribution >= 4 is 23.5 Å². The third-order valence-corrected chi connectivity index (χ3v) is 5.44. The van der Waals surface area contributed by atoms with E-state index in [0.29, 0.717) is 18.5 Å². The molecule has 0 spiro atoms. The quantitative estimate of drug-likeness (QED) is 0.635. The Morgan fingerprint density at radius 2 is 1.68 bits per heavy atom. The number of imide groups is 1. The van der Waals surface area contributed by atoms with Crippen molar-refractivity contribution in [2.24, 2.45) is 0 Å². The third kappa shape index (κ3) is 4.69. The first kappa shape index (κ1) is 22.3. The van der Waals surface area contributed by atoms with Gasteiger partial charge in [0.05, 0.1) is 6.54 Å². The number of nitrogens with zero attached hydrogens (tertiary/aromatic N) is 3. The van der Waals surface area contributed by atoms with Gasteiger partial charge in [0.25, 0.3) is 11.8 Å². The number of carbonyl (C=O) groups is 3. The lowest BCUT2D eigenvalue weighted by Gasteiger charge is -2.25. The predicted molar refractivity (Wildman–Crippen MR) is 119 cm³/mol. The standard InChI is InChI=1S/C23H29N5O3/c1-5-23(18-9-7-6-8-10-18)21(30)28(22(31)24-23)25-20(29)16-27(4)15-17-11-13-19(14-12-17)26(2)3/h6-14H,5,15-16H2,1-4H3,(H,24,31)(H,25,29)/t23-/m0/s1. The molecule has 8 heteroatoms. The zero-order valence-corrected chi connectivity index (χ0v) is 18.4. The lowest BCUT2D eigenvalue weighted by atomic mass is 9.87. The van der Waals surface area contributed by atoms with Gasteiger partial charge in [0.1, 0.15) is 5.54 Å². The van der Waals surface area contributed by atoms with Crippen LogP contribution < -0.4 is 15.6 Å². The van der Waals surface area contributed by atoms with Gasteiger partial charge < -0.3 is 10.2 Å². The Hall–Kier alpha value is -3.39. The van der Waals surface area contributed by atoms with Crippen LogP contribution in [0.5, 0.6) is 0 Å². The second-order valence-electron chi connectivity index (χ2n) is 7.96. The first-order valence-corrected chi connectivity index (χ1v) is 10.2. The molecule has 1 atom stereocenters. The molecule has 1 aliphatic rings. The van der Waals surface area contributed by atoms with Gasteiger partial charge in [-0.1, -0.05) is 49.4 Å². The number of carbonyl (C=O) groups excluding carboxylic acids is 3. The van der Waals surface area contributed by atoms with Gasteiger partial charge in [-0.2, -0.15) is 5.01 Å². The average Bonchev–Trinajstić information content (AvgIpc) is 2.99. The van der Waals surface area contributed by atoms with Gasteiger partial charge in [-0.05, 0) is 36.7 Å². The second-order valence-corrected chi connectivity index (χ2v) is 7.96. The molecule has 0 aliphatic carbocycles. The molecule has 164 valence electrons. The van der Waals surface area contributed by atoms with E-state index in [0.717, 1.165) is 16.3 Å². The number of amides is 4. The fourth-order valence-electron chi connectivity index (χ4n) is 3.71. The van der Waals surface area contributed by atoms with Gasteiger partial charge in [0, 0.05) is 26.3 Å². The van der Waals surface area contributed by atoms with Crippen LogP contribution in [0.1, 0.15) is 24.5 Å². The van der Waals surface area contributed by atoms with Crippen LogP contribution >= 0.6 is 0 Å². The van der Waals surface area contributed by atoms with Crippen LogP contribution in [0.4, 0.5) is 10.5 Å². The highest BCUT2D eigenvalue weighted by Crippen LogP contribution is 2.31. The topological polar surface area (TPSA) is 85.0 Å². The lowest BCUT2D eigenvalue weighted by Crippen LogP contribution is -2.50. The first-order chi connectivity index (χ1) is 14.8. The summed E-state index contributed by atoms with van der Waals surface area (Å²) in [5.74, 6) is -0.919. The van der Waals surface area contributed by atoms with E-state index in [-0.39, 0.29) is 6.54 Å². The molecular weight excluding hydrogens is 394 g/mol. The minimum atomic E-state index is -1.17. The maximum absolute atomic E-state index is 13.1. The Labute approximate surface area is 182 Å². The van der Waals surface area contributed by atoms with E-state index in [1.165, 1.54) is 0 Å². The Bertz CT molecular complexity index is 945. The normalized spacial score (nSPS) is 18.3. The summed E-state index contributed by atoms with van der Waals surface area (Å²) in [5, 5.41) is 3.54. The summed E-state index contributed by atoms with van der Waals surface area (Å²) in [6.07, 6.45) is 0.372. The Kier molecular flexibility index (Phi) is 6.60. The summed E-state index contributed by atoms with van der Waals surface area (Å²) in [6.45, 7) is 2.42. The van der Waals surface area contributed by atoms with Crippen molar-refractivity contribution in [1.29, 1.82) is 0 Å². The van der Waals surface area contributed by atoms with E-state index in [1.807, 2.05) is 80.3 Å². The number of hydrazine groups is 1. The van der Waals surface area contributed by atoms with Crippen LogP contribution in [0.25, 0.3) is 0 Å². The molecule has 1 aliphatic heterocycles. The van der Waals surface area contributed by atoms with Gasteiger partial charge in [-0.25, -0.2) is 4.79 Å². The van der Waals surface area contributed by atoms with E-state index in [2.05, 4.69) is 10.7 Å². The maximum atomic E-state index is 13.1. The van der Waals surface area contributed by atoms with Crippen molar-refractivity contribution in [1.82, 2.24) is 20.7 Å². The zero-order valence-electron chi connectivity index (χ0n) is 18.4. The number of nitrogens with one attached hydrogen (secondary N) is 2. The molecule has 31 heavy (non-hydrogen) atoms. The molecule has 4 amide bonds. The van der Waals surface area contributed by atoms with E-state index >= 15 is 0 Å². The molecule has 0 bridgehead atoms. The molecule has 8 nitrogen and oxygen atoms in total. The Morgan fingerprint density at radius 1 is 1.03 bits per heavy atom. The highest BCUT2D eigenvalue weighted by Gasteiger charge is 2.52. The van der Waals surface area contributed by atoms with Crippen molar-refractivity contribution in [3.05, 3.63) is 65.7 Å². The van der Waals surface area contributed by atoms with Crippen LogP contribution in [-0.4, -0.2) is 55.4 Å². The molecule has 2 N–H and O–H groups in total. The average molecular weight is 424 g/mol. The largest absolute Gasteiger partial charge is 0.378 e. The molecule has 2 aromatic carbocycles. The van der Waals surface area contributed by atoms with Crippen LogP contribution in [0.2, 0.25) is 0 Å². The number of urea groups is 1. The molecule has 1 fully saturated rings. The highest BCUT2D eigenvalue weighted by molar-refractivity contribution is 6.08. The summed E-state index contributed by atoms with van der Waals surface area (Å²) in [7, 11) is 5.77. The van der Waals surface area contributed by atoms with Gasteiger partial charge in [-0.15, -0.1) is 0 Å². The minimum absolute atomic E-state index is 0.0386. The highest BCUT2D eigenvalue weighted by atomic mass is 16.2. The van der Waals surface area contributed by atoms with Gasteiger partial charge in [0.2, 0.25) is 0 Å². The number of anilines is 1. The number of hydrogen-bond donors (Lipinski definition) is 2. The first-order valence-electron chi connectivity index (χ1n) is 10.2. The van der Waals surface area contributed by atoms with Gasteiger partial charge >= 0.3 is 6.03 Å². The van der Waals surface area contributed by atoms with Crippen LogP contribution in [0.15, 0.2) is 54.6 Å². The van der Waals surface area contributed by atoms with Crippen molar-refractivity contribution in [3.8, 4) is 0 Å². The van der Waals surface area contributed by atoms with Crippen LogP contribution in [0.3, 0.4) is 0 Å². The molecule has 1 heterocycles. The van der Waals surface area contributed by atoms with Gasteiger partial charge in [-0.3, -0.25) is 19.9 Å². The van der Waals surface area contributed by atoms with Crippen molar-refractivity contribution in [2.75, 3.05) is 32.6 Å². The summed E-state index contributed by atoms with van der Waals surface area (Å²) >= 11 is 0. The van der Waals surface area contributed by atoms with Crippen LogP contribution in [-0.2, 0) is 21.7 Å². The molecule has 0 saturated carbocycles. The minimum Gasteiger partial charge on any atom is -0.378 e. The molecule has 2 aromatic rings. The number of rotatable bonds is 8. The lowest BCUT2D eigenvalue weighted by molar-refractivity contribution is -0.139. The summed E-state index contributed by atoms with van der Waals surface area (Å²) in [4.78, 5) is 41.9. The fourth-order valence-corrected chi connectivity index (χ4v) is 3.71. The predicted octanol–water partition coefficient (Wildman–Crippen LogP) is 2.07. The van der Waals surface area contributed by atoms with E-state index in [1.54, 1.807) is 12.1 Å². The van der Waals surface area contributed by atoms with E-state index in [4.69, 9.17) is 0 Å². The Balaban J connectivity index is 1.62. The fraction of sp³-hybridized carbons (Fsp3) is 0.348. The van der Waals surface area contributed by atoms with Crippen molar-refractivity contribution < 1.29 is 14.4 Å². The molecular formula is C23H29N5O3. The summed E-state index contributed by atoms with van der Waals surface area (Å²) in [6, 6.07) is 16.5. The molecule has 1 saturated heterocycles. The molecule has 0 aromatic heterocycles. The molecule has 3 rings (SSSR count). The monoisotopic (exact) mass is 423 g/mol. The third-order valence-electron chi connectivity index (χ3n) is 5.44. The number of benzene rings is 2. The molecule has 0 radical (unpaired) electrons. The zero-order chi connectivity index (χ0) is 22.6. The Morgan fingerprint density at radius 3 is 2.26 bits per heavy atom. The number of likely N-dealkylation sites (N-methyl/N-ethyl adjacent to an activating group) is 1. The SMILES string of the molecule is CC[C@@]1(c2ccccc2)NC(=O)N(NC(=O)CN(C)Cc2ccc(N(C)C)cc2)C1=O. The maximum Gasteiger partial charge on any atom is 0.344 e. The van der Waals surface area contributed by atoms with Crippen LogP contribution in [0, 0.1) is 0 Å². The smallest absolute Gasteiger partial charge is 0.344 e. The molecule has 0 unspecified atom stereocenters. The summed E-state index contributed by atoms with van der Waals surface area (Å²) < 4.78 is 0. The van der Waals surface area contributed by atoms with E-state index in [9.17, 15) is 14.4 Å². The van der Waals surface area contributed by atoms with Gasteiger partial charge in [0.15, 0.2) is 0 Å². The van der Waals surface area contributed by atoms with Crippen molar-refractivity contribution in [3.63, 3.8) is 0 Å². The van der Waals surface area contributed by atoms with Crippen molar-refractivity contribution in [2.45, 2.75) is 25.4 Å². The second kappa shape index (κ2) is 9.18. The number of hydrogen-bond acceptors (Lipinski definition) is 5.